The summed E-state index contributed by atoms with van der Waals surface area (Å²) in [5.41, 5.74) is 9.45. The maximum Gasteiger partial charge on any atom is 0.319 e. The molecule has 0 bridgehead atoms. The van der Waals surface area contributed by atoms with E-state index in [9.17, 15) is 10.1 Å². The fraction of sp³-hybridized carbons (Fsp3) is 0.227. The number of hydrogen-bond acceptors (Lipinski definition) is 5. The number of hydrogen-bond donors (Lipinski definition) is 2. The van der Waals surface area contributed by atoms with E-state index < -0.39 is 6.03 Å². The number of benzene rings is 1. The summed E-state index contributed by atoms with van der Waals surface area (Å²) < 4.78 is 1.75. The number of primary amides is 1. The monoisotopic (exact) mass is 414 g/mol. The molecule has 3 heterocycles. The van der Waals surface area contributed by atoms with Crippen LogP contribution in [0.1, 0.15) is 31.9 Å². The number of carbonyl (C=O) groups excluding carboxylic acids is 1. The fourth-order valence-corrected chi connectivity index (χ4v) is 3.75. The molecule has 4 rings (SSSR count). The molecule has 2 amide bonds. The van der Waals surface area contributed by atoms with Crippen LogP contribution in [0.2, 0.25) is 0 Å². The molecular weight excluding hydrogens is 392 g/mol. The smallest absolute Gasteiger partial charge is 0.319 e. The van der Waals surface area contributed by atoms with Gasteiger partial charge in [-0.2, -0.15) is 10.4 Å². The van der Waals surface area contributed by atoms with Crippen molar-refractivity contribution in [1.29, 1.82) is 5.26 Å². The van der Waals surface area contributed by atoms with E-state index >= 15 is 0 Å². The van der Waals surface area contributed by atoms with Gasteiger partial charge in [0.25, 0.3) is 0 Å². The summed E-state index contributed by atoms with van der Waals surface area (Å²) in [6, 6.07) is 10.7. The van der Waals surface area contributed by atoms with Crippen LogP contribution in [0.25, 0.3) is 22.3 Å². The highest BCUT2D eigenvalue weighted by Gasteiger charge is 2.21. The number of anilines is 1. The lowest BCUT2D eigenvalue weighted by molar-refractivity contribution is 0.252. The zero-order valence-corrected chi connectivity index (χ0v) is 17.2. The van der Waals surface area contributed by atoms with E-state index in [0.717, 1.165) is 27.9 Å². The molecule has 0 fully saturated rings. The summed E-state index contributed by atoms with van der Waals surface area (Å²) in [6.45, 7) is 3.79. The Morgan fingerprint density at radius 2 is 2.16 bits per heavy atom. The average Bonchev–Trinajstić information content (AvgIpc) is 3.41. The van der Waals surface area contributed by atoms with Crippen LogP contribution < -0.4 is 10.6 Å². The summed E-state index contributed by atoms with van der Waals surface area (Å²) in [5, 5.41) is 14.9. The molecule has 0 saturated heterocycles. The van der Waals surface area contributed by atoms with Crippen molar-refractivity contribution >= 4 is 22.8 Å². The molecule has 0 aliphatic rings. The molecule has 1 unspecified atom stereocenters. The summed E-state index contributed by atoms with van der Waals surface area (Å²) in [6.07, 6.45) is 7.14. The topological polar surface area (TPSA) is 130 Å². The van der Waals surface area contributed by atoms with Gasteiger partial charge < -0.3 is 10.7 Å². The van der Waals surface area contributed by atoms with Crippen molar-refractivity contribution in [2.75, 3.05) is 4.90 Å². The van der Waals surface area contributed by atoms with E-state index in [2.05, 4.69) is 26.1 Å². The van der Waals surface area contributed by atoms with Crippen molar-refractivity contribution in [2.24, 2.45) is 5.73 Å². The zero-order chi connectivity index (χ0) is 22.0. The number of urea groups is 1. The van der Waals surface area contributed by atoms with Gasteiger partial charge in [-0.05, 0) is 37.6 Å². The Hall–Kier alpha value is -4.19. The number of nitrogens with one attached hydrogen (secondary N) is 1. The number of aromatic amines is 1. The lowest BCUT2D eigenvalue weighted by Gasteiger charge is -2.26. The van der Waals surface area contributed by atoms with Crippen LogP contribution in [0.15, 0.2) is 55.2 Å². The van der Waals surface area contributed by atoms with E-state index in [0.29, 0.717) is 5.69 Å². The first-order valence-corrected chi connectivity index (χ1v) is 9.87. The van der Waals surface area contributed by atoms with Crippen molar-refractivity contribution in [3.8, 4) is 17.3 Å². The van der Waals surface area contributed by atoms with Crippen LogP contribution in [0.5, 0.6) is 0 Å². The predicted octanol–water partition coefficient (Wildman–Crippen LogP) is 3.62. The third kappa shape index (κ3) is 3.83. The summed E-state index contributed by atoms with van der Waals surface area (Å²) in [5.74, 6) is 0. The average molecular weight is 414 g/mol. The van der Waals surface area contributed by atoms with Crippen LogP contribution >= 0.6 is 0 Å². The molecule has 156 valence electrons. The normalized spacial score (nSPS) is 12.1. The standard InChI is InChI=1S/C22H22N8O/c1-14(2)30(22(24)31)17-5-3-4-15(10-17)19(6-8-23)29-12-16(11-28-29)20-18-7-9-25-21(18)27-13-26-20/h3-5,7,9-14,19H,6H2,1-2H3,(H2,24,31)(H,25,26,27). The first-order chi connectivity index (χ1) is 15.0. The second-order valence-corrected chi connectivity index (χ2v) is 7.45. The second-order valence-electron chi connectivity index (χ2n) is 7.45. The minimum absolute atomic E-state index is 0.0972. The first-order valence-electron chi connectivity index (χ1n) is 9.87. The Bertz CT molecular complexity index is 1270. The fourth-order valence-electron chi connectivity index (χ4n) is 3.75. The first kappa shape index (κ1) is 20.1. The number of carbonyl (C=O) groups is 1. The number of aromatic nitrogens is 5. The number of rotatable bonds is 6. The molecule has 9 heteroatoms. The maximum atomic E-state index is 11.9. The van der Waals surface area contributed by atoms with Crippen molar-refractivity contribution in [2.45, 2.75) is 32.4 Å². The van der Waals surface area contributed by atoms with Crippen LogP contribution in [-0.4, -0.2) is 36.8 Å². The second kappa shape index (κ2) is 8.28. The highest BCUT2D eigenvalue weighted by atomic mass is 16.2. The largest absolute Gasteiger partial charge is 0.351 e. The zero-order valence-electron chi connectivity index (χ0n) is 17.2. The van der Waals surface area contributed by atoms with Crippen molar-refractivity contribution in [3.05, 3.63) is 60.8 Å². The van der Waals surface area contributed by atoms with Gasteiger partial charge in [0.2, 0.25) is 0 Å². The Labute approximate surface area is 179 Å². The Morgan fingerprint density at radius 1 is 1.32 bits per heavy atom. The SMILES string of the molecule is CC(C)N(C(N)=O)c1cccc(C(CC#N)n2cc(-c3ncnc4[nH]ccc34)cn2)c1. The van der Waals surface area contributed by atoms with E-state index in [1.165, 1.54) is 11.2 Å². The molecule has 0 spiro atoms. The molecule has 3 aromatic heterocycles. The minimum atomic E-state index is -0.523. The lowest BCUT2D eigenvalue weighted by atomic mass is 10.0. The molecule has 31 heavy (non-hydrogen) atoms. The molecule has 1 atom stereocenters. The van der Waals surface area contributed by atoms with Gasteiger partial charge in [-0.25, -0.2) is 14.8 Å². The molecule has 1 aromatic carbocycles. The Morgan fingerprint density at radius 3 is 2.90 bits per heavy atom. The number of fused-ring (bicyclic) bond motifs is 1. The highest BCUT2D eigenvalue weighted by molar-refractivity contribution is 5.91. The van der Waals surface area contributed by atoms with Crippen LogP contribution in [-0.2, 0) is 0 Å². The third-order valence-electron chi connectivity index (χ3n) is 5.12. The molecule has 9 nitrogen and oxygen atoms in total. The van der Waals surface area contributed by atoms with Crippen molar-refractivity contribution in [3.63, 3.8) is 0 Å². The number of nitriles is 1. The van der Waals surface area contributed by atoms with Gasteiger partial charge >= 0.3 is 6.03 Å². The van der Waals surface area contributed by atoms with Gasteiger partial charge in [0, 0.05) is 35.1 Å². The summed E-state index contributed by atoms with van der Waals surface area (Å²) >= 11 is 0. The van der Waals surface area contributed by atoms with Gasteiger partial charge in [-0.3, -0.25) is 9.58 Å². The predicted molar refractivity (Wildman–Crippen MR) is 117 cm³/mol. The molecule has 0 radical (unpaired) electrons. The highest BCUT2D eigenvalue weighted by Crippen LogP contribution is 2.29. The van der Waals surface area contributed by atoms with Crippen LogP contribution in [0.4, 0.5) is 10.5 Å². The van der Waals surface area contributed by atoms with Crippen LogP contribution in [0.3, 0.4) is 0 Å². The van der Waals surface area contributed by atoms with Gasteiger partial charge in [0.05, 0.1) is 30.4 Å². The molecule has 4 aromatic rings. The molecule has 3 N–H and O–H groups in total. The van der Waals surface area contributed by atoms with Crippen molar-refractivity contribution < 1.29 is 4.79 Å². The molecular formula is C22H22N8O. The number of nitrogens with zero attached hydrogens (tertiary/aromatic N) is 6. The quantitative estimate of drug-likeness (QED) is 0.498. The van der Waals surface area contributed by atoms with Gasteiger partial charge in [-0.15, -0.1) is 0 Å². The summed E-state index contributed by atoms with van der Waals surface area (Å²) in [7, 11) is 0. The Balaban J connectivity index is 1.73. The van der Waals surface area contributed by atoms with Crippen molar-refractivity contribution in [1.82, 2.24) is 24.7 Å². The van der Waals surface area contributed by atoms with E-state index in [4.69, 9.17) is 5.73 Å². The molecule has 0 saturated carbocycles. The van der Waals surface area contributed by atoms with Crippen LogP contribution in [0, 0.1) is 11.3 Å². The summed E-state index contributed by atoms with van der Waals surface area (Å²) in [4.78, 5) is 25.2. The van der Waals surface area contributed by atoms with E-state index in [1.54, 1.807) is 10.9 Å². The lowest BCUT2D eigenvalue weighted by Crippen LogP contribution is -2.41. The third-order valence-corrected chi connectivity index (χ3v) is 5.12. The molecule has 0 aliphatic carbocycles. The number of amides is 2. The van der Waals surface area contributed by atoms with E-state index in [-0.39, 0.29) is 18.5 Å². The van der Waals surface area contributed by atoms with Gasteiger partial charge in [0.15, 0.2) is 0 Å². The minimum Gasteiger partial charge on any atom is -0.351 e. The Kier molecular flexibility index (Phi) is 5.37. The van der Waals surface area contributed by atoms with Gasteiger partial charge in [-0.1, -0.05) is 12.1 Å². The number of nitrogens with two attached hydrogens (primary N) is 1. The molecule has 0 aliphatic heterocycles. The van der Waals surface area contributed by atoms with E-state index in [1.807, 2.05) is 56.6 Å². The maximum absolute atomic E-state index is 11.9. The van der Waals surface area contributed by atoms with Gasteiger partial charge in [0.1, 0.15) is 12.0 Å². The number of H-pyrrole nitrogens is 1.